The second-order valence-corrected chi connectivity index (χ2v) is 10.0. The molecule has 0 fully saturated rings. The summed E-state index contributed by atoms with van der Waals surface area (Å²) in [4.78, 5) is 17.2. The number of furan rings is 1. The first-order chi connectivity index (χ1) is 17.3. The molecule has 3 aromatic carbocycles. The molecule has 5 aromatic rings. The van der Waals surface area contributed by atoms with Crippen molar-refractivity contribution in [2.45, 2.75) is 0 Å². The molecule has 1 amide bonds. The molecular formula is C25H13BrCl3N3O3S. The van der Waals surface area contributed by atoms with E-state index in [1.54, 1.807) is 48.5 Å². The summed E-state index contributed by atoms with van der Waals surface area (Å²) >= 11 is 27.3. The van der Waals surface area contributed by atoms with Crippen LogP contribution in [0.15, 0.2) is 80.0 Å². The molecule has 5 rings (SSSR count). The van der Waals surface area contributed by atoms with Gasteiger partial charge >= 0.3 is 0 Å². The molecule has 0 unspecified atom stereocenters. The fraction of sp³-hybridized carbons (Fsp3) is 0. The third-order valence-electron chi connectivity index (χ3n) is 5.08. The number of nitrogens with zero attached hydrogens (tertiary/aromatic N) is 1. The first-order valence-corrected chi connectivity index (χ1v) is 12.6. The Morgan fingerprint density at radius 3 is 2.58 bits per heavy atom. The van der Waals surface area contributed by atoms with Gasteiger partial charge in [-0.2, -0.15) is 0 Å². The van der Waals surface area contributed by atoms with Crippen molar-refractivity contribution in [1.29, 1.82) is 0 Å². The number of thiocarbonyl (C=S) groups is 1. The number of fused-ring (bicyclic) bond motifs is 1. The number of nitrogens with one attached hydrogen (secondary N) is 2. The van der Waals surface area contributed by atoms with Crippen molar-refractivity contribution in [3.05, 3.63) is 92.0 Å². The van der Waals surface area contributed by atoms with Crippen LogP contribution in [0.3, 0.4) is 0 Å². The van der Waals surface area contributed by atoms with Gasteiger partial charge in [0.05, 0.1) is 20.6 Å². The summed E-state index contributed by atoms with van der Waals surface area (Å²) in [6.07, 6.45) is 0. The molecule has 0 aliphatic heterocycles. The maximum absolute atomic E-state index is 12.6. The van der Waals surface area contributed by atoms with E-state index >= 15 is 0 Å². The lowest BCUT2D eigenvalue weighted by Crippen LogP contribution is -2.33. The van der Waals surface area contributed by atoms with E-state index in [0.717, 1.165) is 4.47 Å². The average molecular weight is 622 g/mol. The lowest BCUT2D eigenvalue weighted by Gasteiger charge is -2.08. The highest BCUT2D eigenvalue weighted by Crippen LogP contribution is 2.35. The lowest BCUT2D eigenvalue weighted by atomic mass is 10.2. The molecule has 0 aliphatic carbocycles. The van der Waals surface area contributed by atoms with E-state index in [2.05, 4.69) is 31.5 Å². The number of rotatable bonds is 4. The smallest absolute Gasteiger partial charge is 0.293 e. The van der Waals surface area contributed by atoms with Gasteiger partial charge in [-0.05, 0) is 72.9 Å². The summed E-state index contributed by atoms with van der Waals surface area (Å²) in [5.74, 6) is 0.334. The van der Waals surface area contributed by atoms with Crippen LogP contribution in [0.5, 0.6) is 0 Å². The largest absolute Gasteiger partial charge is 0.451 e. The monoisotopic (exact) mass is 619 g/mol. The van der Waals surface area contributed by atoms with Crippen molar-refractivity contribution in [1.82, 2.24) is 10.3 Å². The van der Waals surface area contributed by atoms with Gasteiger partial charge in [-0.25, -0.2) is 4.98 Å². The van der Waals surface area contributed by atoms with E-state index in [0.29, 0.717) is 54.6 Å². The Hall–Kier alpha value is -2.88. The molecule has 36 heavy (non-hydrogen) atoms. The highest BCUT2D eigenvalue weighted by Gasteiger charge is 2.17. The normalized spacial score (nSPS) is 11.0. The van der Waals surface area contributed by atoms with E-state index in [4.69, 9.17) is 55.9 Å². The SMILES string of the molecule is O=C(NC(=S)Nc1ccc2oc(-c3cc(Br)ccc3Cl)nc2c1)c1ccc(-c2cccc(Cl)c2Cl)o1. The van der Waals surface area contributed by atoms with E-state index < -0.39 is 5.91 Å². The molecule has 0 saturated heterocycles. The van der Waals surface area contributed by atoms with Crippen molar-refractivity contribution < 1.29 is 13.6 Å². The highest BCUT2D eigenvalue weighted by molar-refractivity contribution is 9.10. The molecule has 0 spiro atoms. The van der Waals surface area contributed by atoms with Crippen molar-refractivity contribution in [3.63, 3.8) is 0 Å². The van der Waals surface area contributed by atoms with Crippen LogP contribution in [-0.4, -0.2) is 16.0 Å². The molecule has 2 N–H and O–H groups in total. The van der Waals surface area contributed by atoms with Crippen LogP contribution in [0.4, 0.5) is 5.69 Å². The topological polar surface area (TPSA) is 80.3 Å². The summed E-state index contributed by atoms with van der Waals surface area (Å²) in [7, 11) is 0. The summed E-state index contributed by atoms with van der Waals surface area (Å²) in [5.41, 5.74) is 3.02. The van der Waals surface area contributed by atoms with Crippen LogP contribution in [0.25, 0.3) is 33.9 Å². The van der Waals surface area contributed by atoms with E-state index in [1.165, 1.54) is 6.07 Å². The van der Waals surface area contributed by atoms with Crippen LogP contribution >= 0.6 is 63.0 Å². The number of hydrogen-bond acceptors (Lipinski definition) is 5. The van der Waals surface area contributed by atoms with E-state index in [-0.39, 0.29) is 10.9 Å². The Morgan fingerprint density at radius 2 is 1.75 bits per heavy atom. The Balaban J connectivity index is 1.29. The second-order valence-electron chi connectivity index (χ2n) is 7.50. The minimum Gasteiger partial charge on any atom is -0.451 e. The van der Waals surface area contributed by atoms with Crippen molar-refractivity contribution in [2.75, 3.05) is 5.32 Å². The molecule has 2 heterocycles. The minimum absolute atomic E-state index is 0.0627. The van der Waals surface area contributed by atoms with Crippen LogP contribution in [0, 0.1) is 0 Å². The summed E-state index contributed by atoms with van der Waals surface area (Å²) in [5, 5.41) is 6.88. The Kier molecular flexibility index (Phi) is 7.05. The maximum Gasteiger partial charge on any atom is 0.293 e. The second kappa shape index (κ2) is 10.2. The van der Waals surface area contributed by atoms with Crippen LogP contribution in [-0.2, 0) is 0 Å². The Labute approximate surface area is 233 Å². The quantitative estimate of drug-likeness (QED) is 0.196. The fourth-order valence-electron chi connectivity index (χ4n) is 3.41. The predicted molar refractivity (Wildman–Crippen MR) is 150 cm³/mol. The van der Waals surface area contributed by atoms with Gasteiger partial charge in [0.15, 0.2) is 16.5 Å². The zero-order valence-corrected chi connectivity index (χ0v) is 22.6. The fourth-order valence-corrected chi connectivity index (χ4v) is 4.57. The summed E-state index contributed by atoms with van der Waals surface area (Å²) < 4.78 is 12.4. The number of anilines is 1. The molecule has 0 aliphatic rings. The Bertz CT molecular complexity index is 1650. The number of carbonyl (C=O) groups is 1. The van der Waals surface area contributed by atoms with Crippen LogP contribution in [0.2, 0.25) is 15.1 Å². The molecule has 0 radical (unpaired) electrons. The third-order valence-corrected chi connectivity index (χ3v) is 6.92. The number of oxazole rings is 1. The predicted octanol–water partition coefficient (Wildman–Crippen LogP) is 8.60. The lowest BCUT2D eigenvalue weighted by molar-refractivity contribution is 0.0951. The van der Waals surface area contributed by atoms with Crippen molar-refractivity contribution >= 4 is 90.8 Å². The van der Waals surface area contributed by atoms with Crippen molar-refractivity contribution in [3.8, 4) is 22.8 Å². The number of amides is 1. The zero-order valence-electron chi connectivity index (χ0n) is 17.9. The number of benzene rings is 3. The van der Waals surface area contributed by atoms with Gasteiger partial charge in [0, 0.05) is 15.7 Å². The zero-order chi connectivity index (χ0) is 25.4. The molecule has 11 heteroatoms. The molecule has 180 valence electrons. The summed E-state index contributed by atoms with van der Waals surface area (Å²) in [6, 6.07) is 19.0. The number of carbonyl (C=O) groups excluding carboxylic acids is 1. The molecule has 6 nitrogen and oxygen atoms in total. The van der Waals surface area contributed by atoms with E-state index in [9.17, 15) is 4.79 Å². The van der Waals surface area contributed by atoms with Gasteiger partial charge in [-0.15, -0.1) is 0 Å². The first-order valence-electron chi connectivity index (χ1n) is 10.3. The van der Waals surface area contributed by atoms with Gasteiger partial charge < -0.3 is 14.2 Å². The number of halogens is 4. The molecule has 0 atom stereocenters. The molecule has 0 bridgehead atoms. The summed E-state index contributed by atoms with van der Waals surface area (Å²) in [6.45, 7) is 0. The van der Waals surface area contributed by atoms with Crippen LogP contribution < -0.4 is 10.6 Å². The van der Waals surface area contributed by atoms with Gasteiger partial charge in [0.2, 0.25) is 5.89 Å². The number of hydrogen-bond donors (Lipinski definition) is 2. The van der Waals surface area contributed by atoms with Crippen LogP contribution in [0.1, 0.15) is 10.6 Å². The number of aromatic nitrogens is 1. The van der Waals surface area contributed by atoms with Gasteiger partial charge in [-0.3, -0.25) is 10.1 Å². The molecule has 2 aromatic heterocycles. The molecular weight excluding hydrogens is 609 g/mol. The van der Waals surface area contributed by atoms with Gasteiger partial charge in [-0.1, -0.05) is 56.8 Å². The maximum atomic E-state index is 12.6. The highest BCUT2D eigenvalue weighted by atomic mass is 79.9. The van der Waals surface area contributed by atoms with E-state index in [1.807, 2.05) is 12.1 Å². The third kappa shape index (κ3) is 5.14. The Morgan fingerprint density at radius 1 is 0.917 bits per heavy atom. The van der Waals surface area contributed by atoms with Crippen molar-refractivity contribution in [2.24, 2.45) is 0 Å². The first kappa shape index (κ1) is 24.8. The standard InChI is InChI=1S/C25H13BrCl3N3O3S/c26-12-4-6-16(27)15(10-12)24-31-18-11-13(5-7-20(18)35-24)30-25(36)32-23(33)21-9-8-19(34-21)14-2-1-3-17(28)22(14)29/h1-11H,(H2,30,32,33,36). The van der Waals surface area contributed by atoms with Gasteiger partial charge in [0.25, 0.3) is 5.91 Å². The average Bonchev–Trinajstić information content (AvgIpc) is 3.49. The molecule has 0 saturated carbocycles. The van der Waals surface area contributed by atoms with Gasteiger partial charge in [0.1, 0.15) is 11.3 Å². The minimum atomic E-state index is -0.522.